The molecule has 4 nitrogen and oxygen atoms in total. The Balaban J connectivity index is 1.66. The van der Waals surface area contributed by atoms with Crippen molar-refractivity contribution in [3.8, 4) is 0 Å². The lowest BCUT2D eigenvalue weighted by atomic mass is 10.1. The van der Waals surface area contributed by atoms with E-state index in [-0.39, 0.29) is 24.2 Å². The number of hydrogen-bond acceptors (Lipinski definition) is 2. The maximum atomic E-state index is 12.9. The van der Waals surface area contributed by atoms with Crippen LogP contribution < -0.4 is 10.6 Å². The minimum Gasteiger partial charge on any atom is -0.348 e. The standard InChI is InChI=1S/C22H19FN2O2/c1-15-4-2-7-20(12-15)25-22(27)18-6-3-5-17(13-18)21(26)24-14-16-8-10-19(23)11-9-16/h2-13H,14H2,1H3,(H,24,26)(H,25,27). The number of halogens is 1. The number of hydrogen-bond donors (Lipinski definition) is 2. The van der Waals surface area contributed by atoms with Gasteiger partial charge in [-0.05, 0) is 60.5 Å². The first-order valence-electron chi connectivity index (χ1n) is 8.52. The molecule has 5 heteroatoms. The van der Waals surface area contributed by atoms with Crippen molar-refractivity contribution in [1.82, 2.24) is 5.32 Å². The van der Waals surface area contributed by atoms with Crippen LogP contribution in [-0.2, 0) is 6.54 Å². The van der Waals surface area contributed by atoms with E-state index in [1.54, 1.807) is 36.4 Å². The molecule has 0 fully saturated rings. The van der Waals surface area contributed by atoms with Crippen LogP contribution >= 0.6 is 0 Å². The van der Waals surface area contributed by atoms with Crippen molar-refractivity contribution in [3.63, 3.8) is 0 Å². The van der Waals surface area contributed by atoms with Gasteiger partial charge in [0.15, 0.2) is 0 Å². The van der Waals surface area contributed by atoms with E-state index in [1.807, 2.05) is 31.2 Å². The lowest BCUT2D eigenvalue weighted by Gasteiger charge is -2.09. The fourth-order valence-electron chi connectivity index (χ4n) is 2.61. The highest BCUT2D eigenvalue weighted by Gasteiger charge is 2.11. The van der Waals surface area contributed by atoms with Crippen LogP contribution in [-0.4, -0.2) is 11.8 Å². The predicted molar refractivity (Wildman–Crippen MR) is 103 cm³/mol. The number of aryl methyl sites for hydroxylation is 1. The van der Waals surface area contributed by atoms with E-state index in [0.717, 1.165) is 11.1 Å². The first kappa shape index (κ1) is 18.3. The lowest BCUT2D eigenvalue weighted by Crippen LogP contribution is -2.23. The Morgan fingerprint density at radius 3 is 2.22 bits per heavy atom. The number of amides is 2. The summed E-state index contributed by atoms with van der Waals surface area (Å²) in [6.07, 6.45) is 0. The van der Waals surface area contributed by atoms with Gasteiger partial charge in [-0.1, -0.05) is 30.3 Å². The normalized spacial score (nSPS) is 10.3. The molecule has 3 aromatic carbocycles. The zero-order chi connectivity index (χ0) is 19.2. The molecule has 3 aromatic rings. The molecule has 0 spiro atoms. The minimum absolute atomic E-state index is 0.277. The van der Waals surface area contributed by atoms with Crippen LogP contribution in [0, 0.1) is 12.7 Å². The summed E-state index contributed by atoms with van der Waals surface area (Å²) >= 11 is 0. The second-order valence-electron chi connectivity index (χ2n) is 6.21. The van der Waals surface area contributed by atoms with Crippen LogP contribution in [0.2, 0.25) is 0 Å². The van der Waals surface area contributed by atoms with Gasteiger partial charge in [-0.2, -0.15) is 0 Å². The second-order valence-corrected chi connectivity index (χ2v) is 6.21. The molecule has 2 N–H and O–H groups in total. The van der Waals surface area contributed by atoms with Gasteiger partial charge in [0.1, 0.15) is 5.82 Å². The highest BCUT2D eigenvalue weighted by molar-refractivity contribution is 6.06. The number of anilines is 1. The second kappa shape index (κ2) is 8.27. The minimum atomic E-state index is -0.322. The molecule has 0 bridgehead atoms. The van der Waals surface area contributed by atoms with Gasteiger partial charge in [0.05, 0.1) is 0 Å². The number of carbonyl (C=O) groups is 2. The van der Waals surface area contributed by atoms with E-state index in [2.05, 4.69) is 10.6 Å². The van der Waals surface area contributed by atoms with Crippen molar-refractivity contribution in [2.24, 2.45) is 0 Å². The third-order valence-electron chi connectivity index (χ3n) is 4.03. The van der Waals surface area contributed by atoms with Crippen LogP contribution in [0.15, 0.2) is 72.8 Å². The Morgan fingerprint density at radius 2 is 1.52 bits per heavy atom. The Bertz CT molecular complexity index is 968. The summed E-state index contributed by atoms with van der Waals surface area (Å²) in [6.45, 7) is 2.22. The maximum absolute atomic E-state index is 12.9. The van der Waals surface area contributed by atoms with Gasteiger partial charge in [0.25, 0.3) is 11.8 Å². The SMILES string of the molecule is Cc1cccc(NC(=O)c2cccc(C(=O)NCc3ccc(F)cc3)c2)c1. The van der Waals surface area contributed by atoms with Gasteiger partial charge in [-0.3, -0.25) is 9.59 Å². The summed E-state index contributed by atoms with van der Waals surface area (Å²) in [7, 11) is 0. The summed E-state index contributed by atoms with van der Waals surface area (Å²) in [5.74, 6) is -0.907. The van der Waals surface area contributed by atoms with Crippen LogP contribution in [0.5, 0.6) is 0 Å². The Morgan fingerprint density at radius 1 is 0.852 bits per heavy atom. The number of carbonyl (C=O) groups excluding carboxylic acids is 2. The highest BCUT2D eigenvalue weighted by Crippen LogP contribution is 2.13. The summed E-state index contributed by atoms with van der Waals surface area (Å²) < 4.78 is 12.9. The lowest BCUT2D eigenvalue weighted by molar-refractivity contribution is 0.0951. The number of rotatable bonds is 5. The third kappa shape index (κ3) is 5.01. The molecule has 0 atom stereocenters. The van der Waals surface area contributed by atoms with E-state index < -0.39 is 0 Å². The molecule has 3 rings (SSSR count). The van der Waals surface area contributed by atoms with Crippen LogP contribution in [0.3, 0.4) is 0 Å². The zero-order valence-electron chi connectivity index (χ0n) is 14.8. The van der Waals surface area contributed by atoms with E-state index in [9.17, 15) is 14.0 Å². The largest absolute Gasteiger partial charge is 0.348 e. The monoisotopic (exact) mass is 362 g/mol. The molecule has 0 unspecified atom stereocenters. The van der Waals surface area contributed by atoms with Crippen molar-refractivity contribution in [1.29, 1.82) is 0 Å². The topological polar surface area (TPSA) is 58.2 Å². The fourth-order valence-corrected chi connectivity index (χ4v) is 2.61. The van der Waals surface area contributed by atoms with Crippen molar-refractivity contribution < 1.29 is 14.0 Å². The molecule has 0 aliphatic heterocycles. The van der Waals surface area contributed by atoms with Gasteiger partial charge < -0.3 is 10.6 Å². The van der Waals surface area contributed by atoms with Crippen molar-refractivity contribution in [2.45, 2.75) is 13.5 Å². The number of nitrogens with one attached hydrogen (secondary N) is 2. The van der Waals surface area contributed by atoms with E-state index in [4.69, 9.17) is 0 Å². The molecule has 0 saturated heterocycles. The maximum Gasteiger partial charge on any atom is 0.255 e. The molecule has 0 aliphatic rings. The van der Waals surface area contributed by atoms with Crippen molar-refractivity contribution in [2.75, 3.05) is 5.32 Å². The first-order chi connectivity index (χ1) is 13.0. The Kier molecular flexibility index (Phi) is 5.61. The highest BCUT2D eigenvalue weighted by atomic mass is 19.1. The zero-order valence-corrected chi connectivity index (χ0v) is 14.8. The van der Waals surface area contributed by atoms with E-state index in [0.29, 0.717) is 16.8 Å². The molecular formula is C22H19FN2O2. The molecule has 0 heterocycles. The molecule has 27 heavy (non-hydrogen) atoms. The van der Waals surface area contributed by atoms with Crippen molar-refractivity contribution >= 4 is 17.5 Å². The molecule has 0 radical (unpaired) electrons. The summed E-state index contributed by atoms with van der Waals surface area (Å²) in [5.41, 5.74) is 3.31. The van der Waals surface area contributed by atoms with Crippen LogP contribution in [0.4, 0.5) is 10.1 Å². The molecule has 2 amide bonds. The van der Waals surface area contributed by atoms with Gasteiger partial charge in [0.2, 0.25) is 0 Å². The third-order valence-corrected chi connectivity index (χ3v) is 4.03. The number of benzene rings is 3. The smallest absolute Gasteiger partial charge is 0.255 e. The fraction of sp³-hybridized carbons (Fsp3) is 0.0909. The molecule has 0 aliphatic carbocycles. The predicted octanol–water partition coefficient (Wildman–Crippen LogP) is 4.32. The van der Waals surface area contributed by atoms with Gasteiger partial charge in [-0.25, -0.2) is 4.39 Å². The average Bonchev–Trinajstić information content (AvgIpc) is 2.67. The molecule has 0 saturated carbocycles. The Labute approximate surface area is 157 Å². The van der Waals surface area contributed by atoms with Gasteiger partial charge in [0, 0.05) is 23.4 Å². The van der Waals surface area contributed by atoms with E-state index in [1.165, 1.54) is 12.1 Å². The van der Waals surface area contributed by atoms with Gasteiger partial charge in [-0.15, -0.1) is 0 Å². The quantitative estimate of drug-likeness (QED) is 0.710. The average molecular weight is 362 g/mol. The molecular weight excluding hydrogens is 343 g/mol. The molecule has 0 aromatic heterocycles. The van der Waals surface area contributed by atoms with Crippen molar-refractivity contribution in [3.05, 3.63) is 101 Å². The first-order valence-corrected chi connectivity index (χ1v) is 8.52. The summed E-state index contributed by atoms with van der Waals surface area (Å²) in [6, 6.07) is 19.9. The molecule has 136 valence electrons. The summed E-state index contributed by atoms with van der Waals surface area (Å²) in [5, 5.41) is 5.59. The van der Waals surface area contributed by atoms with Crippen LogP contribution in [0.25, 0.3) is 0 Å². The summed E-state index contributed by atoms with van der Waals surface area (Å²) in [4.78, 5) is 24.8. The van der Waals surface area contributed by atoms with Crippen LogP contribution in [0.1, 0.15) is 31.8 Å². The van der Waals surface area contributed by atoms with E-state index >= 15 is 0 Å². The Hall–Kier alpha value is -3.47. The van der Waals surface area contributed by atoms with Gasteiger partial charge >= 0.3 is 0 Å².